The molecule has 7 heteroatoms. The second-order valence-corrected chi connectivity index (χ2v) is 7.43. The molecule has 2 atom stereocenters. The van der Waals surface area contributed by atoms with Crippen molar-refractivity contribution in [3.8, 4) is 5.75 Å². The molecule has 1 N–H and O–H groups in total. The Morgan fingerprint density at radius 3 is 2.53 bits per heavy atom. The van der Waals surface area contributed by atoms with Gasteiger partial charge in [0.2, 0.25) is 5.91 Å². The fourth-order valence-electron chi connectivity index (χ4n) is 3.94. The van der Waals surface area contributed by atoms with Crippen molar-refractivity contribution in [1.29, 1.82) is 0 Å². The Balaban J connectivity index is 0.00000256. The first-order chi connectivity index (χ1) is 14.2. The van der Waals surface area contributed by atoms with Gasteiger partial charge < -0.3 is 15.0 Å². The van der Waals surface area contributed by atoms with E-state index in [1.807, 2.05) is 66.8 Å². The highest BCUT2D eigenvalue weighted by Gasteiger charge is 2.37. The average molecular weight is 427 g/mol. The Morgan fingerprint density at radius 2 is 1.90 bits per heavy atom. The van der Waals surface area contributed by atoms with Gasteiger partial charge in [0.1, 0.15) is 5.75 Å². The molecule has 2 heterocycles. The maximum atomic E-state index is 13.7. The van der Waals surface area contributed by atoms with Crippen LogP contribution in [0.3, 0.4) is 0 Å². The Bertz CT molecular complexity index is 959. The second kappa shape index (κ2) is 9.78. The van der Waals surface area contributed by atoms with Crippen molar-refractivity contribution in [1.82, 2.24) is 15.1 Å². The molecule has 1 fully saturated rings. The highest BCUT2D eigenvalue weighted by atomic mass is 35.5. The lowest BCUT2D eigenvalue weighted by molar-refractivity contribution is -0.122. The van der Waals surface area contributed by atoms with E-state index in [0.29, 0.717) is 13.1 Å². The largest absolute Gasteiger partial charge is 0.497 e. The van der Waals surface area contributed by atoms with Crippen LogP contribution in [-0.2, 0) is 18.4 Å². The number of nitrogens with zero attached hydrogens (tertiary/aromatic N) is 3. The van der Waals surface area contributed by atoms with Crippen LogP contribution in [0.2, 0.25) is 0 Å². The van der Waals surface area contributed by atoms with Crippen LogP contribution in [0.5, 0.6) is 5.75 Å². The molecule has 1 aliphatic rings. The van der Waals surface area contributed by atoms with Crippen molar-refractivity contribution in [2.24, 2.45) is 13.0 Å². The fourth-order valence-corrected chi connectivity index (χ4v) is 3.94. The summed E-state index contributed by atoms with van der Waals surface area (Å²) in [6.45, 7) is 1.98. The van der Waals surface area contributed by atoms with Gasteiger partial charge in [0.05, 0.1) is 25.8 Å². The number of nitrogens with one attached hydrogen (secondary N) is 1. The lowest BCUT2D eigenvalue weighted by Gasteiger charge is -2.28. The van der Waals surface area contributed by atoms with Crippen molar-refractivity contribution < 1.29 is 9.53 Å². The third-order valence-corrected chi connectivity index (χ3v) is 5.52. The summed E-state index contributed by atoms with van der Waals surface area (Å²) in [5, 5.41) is 7.69. The highest BCUT2D eigenvalue weighted by molar-refractivity contribution is 5.96. The van der Waals surface area contributed by atoms with E-state index in [4.69, 9.17) is 4.74 Å². The Morgan fingerprint density at radius 1 is 1.17 bits per heavy atom. The molecule has 1 aliphatic heterocycles. The van der Waals surface area contributed by atoms with Crippen LogP contribution in [0.15, 0.2) is 67.0 Å². The number of hydrogen-bond acceptors (Lipinski definition) is 4. The number of ether oxygens (including phenoxy) is 1. The van der Waals surface area contributed by atoms with Crippen LogP contribution < -0.4 is 15.0 Å². The third kappa shape index (κ3) is 4.66. The number of hydrogen-bond donors (Lipinski definition) is 1. The van der Waals surface area contributed by atoms with Gasteiger partial charge >= 0.3 is 0 Å². The van der Waals surface area contributed by atoms with E-state index in [0.717, 1.165) is 29.1 Å². The molecule has 1 aromatic heterocycles. The number of amides is 1. The molecule has 1 amide bonds. The normalized spacial score (nSPS) is 17.9. The fraction of sp³-hybridized carbons (Fsp3) is 0.304. The number of carbonyl (C=O) groups is 1. The summed E-state index contributed by atoms with van der Waals surface area (Å²) in [4.78, 5) is 15.6. The number of halogens is 1. The Hall–Kier alpha value is -2.83. The summed E-state index contributed by atoms with van der Waals surface area (Å²) < 4.78 is 7.07. The Labute approximate surface area is 183 Å². The third-order valence-electron chi connectivity index (χ3n) is 5.52. The first kappa shape index (κ1) is 21.9. The number of carbonyl (C=O) groups excluding carboxylic acids is 1. The summed E-state index contributed by atoms with van der Waals surface area (Å²) in [6.07, 6.45) is 3.87. The van der Waals surface area contributed by atoms with E-state index in [1.54, 1.807) is 11.8 Å². The van der Waals surface area contributed by atoms with Crippen molar-refractivity contribution in [2.75, 3.05) is 25.1 Å². The van der Waals surface area contributed by atoms with Crippen molar-refractivity contribution >= 4 is 24.0 Å². The van der Waals surface area contributed by atoms with Crippen molar-refractivity contribution in [2.45, 2.75) is 12.5 Å². The number of benzene rings is 2. The molecule has 3 aromatic rings. The van der Waals surface area contributed by atoms with E-state index in [1.165, 1.54) is 0 Å². The molecule has 0 unspecified atom stereocenters. The molecule has 0 spiro atoms. The molecule has 0 radical (unpaired) electrons. The minimum absolute atomic E-state index is 0. The van der Waals surface area contributed by atoms with Crippen LogP contribution in [0.1, 0.15) is 17.0 Å². The van der Waals surface area contributed by atoms with Gasteiger partial charge in [-0.25, -0.2) is 0 Å². The SMILES string of the molecule is COc1ccc(N(Cc2ccccc2)C(=O)[C@H]2CNC[C@@H]2c2cnn(C)c2)cc1.Cl. The first-order valence-corrected chi connectivity index (χ1v) is 9.84. The summed E-state index contributed by atoms with van der Waals surface area (Å²) in [5.41, 5.74) is 3.07. The lowest BCUT2D eigenvalue weighted by Crippen LogP contribution is -2.38. The predicted molar refractivity (Wildman–Crippen MR) is 120 cm³/mol. The zero-order valence-corrected chi connectivity index (χ0v) is 18.0. The number of rotatable bonds is 6. The summed E-state index contributed by atoms with van der Waals surface area (Å²) in [7, 11) is 3.55. The van der Waals surface area contributed by atoms with Gasteiger partial charge in [-0.05, 0) is 35.4 Å². The van der Waals surface area contributed by atoms with Crippen LogP contribution >= 0.6 is 12.4 Å². The summed E-state index contributed by atoms with van der Waals surface area (Å²) in [5.74, 6) is 0.882. The molecule has 2 aromatic carbocycles. The molecule has 4 rings (SSSR count). The minimum Gasteiger partial charge on any atom is -0.497 e. The molecular formula is C23H27ClN4O2. The maximum absolute atomic E-state index is 13.7. The Kier molecular flexibility index (Phi) is 7.13. The second-order valence-electron chi connectivity index (χ2n) is 7.43. The quantitative estimate of drug-likeness (QED) is 0.656. The highest BCUT2D eigenvalue weighted by Crippen LogP contribution is 2.32. The molecule has 6 nitrogen and oxygen atoms in total. The van der Waals surface area contributed by atoms with Gasteiger partial charge in [-0.15, -0.1) is 12.4 Å². The first-order valence-electron chi connectivity index (χ1n) is 9.84. The molecule has 1 saturated heterocycles. The maximum Gasteiger partial charge on any atom is 0.232 e. The van der Waals surface area contributed by atoms with Gasteiger partial charge in [0, 0.05) is 37.9 Å². The van der Waals surface area contributed by atoms with Gasteiger partial charge in [-0.1, -0.05) is 30.3 Å². The molecule has 0 bridgehead atoms. The smallest absolute Gasteiger partial charge is 0.232 e. The topological polar surface area (TPSA) is 59.4 Å². The van der Waals surface area contributed by atoms with E-state index >= 15 is 0 Å². The van der Waals surface area contributed by atoms with Crippen molar-refractivity contribution in [3.63, 3.8) is 0 Å². The van der Waals surface area contributed by atoms with Gasteiger partial charge in [0.25, 0.3) is 0 Å². The van der Waals surface area contributed by atoms with Gasteiger partial charge in [-0.3, -0.25) is 9.48 Å². The summed E-state index contributed by atoms with van der Waals surface area (Å²) in [6, 6.07) is 17.8. The van der Waals surface area contributed by atoms with E-state index in [2.05, 4.69) is 22.5 Å². The lowest BCUT2D eigenvalue weighted by atomic mass is 9.89. The monoisotopic (exact) mass is 426 g/mol. The van der Waals surface area contributed by atoms with E-state index in [-0.39, 0.29) is 30.2 Å². The molecular weight excluding hydrogens is 400 g/mol. The average Bonchev–Trinajstić information content (AvgIpc) is 3.41. The molecule has 0 aliphatic carbocycles. The number of aryl methyl sites for hydroxylation is 1. The van der Waals surface area contributed by atoms with Gasteiger partial charge in [0.15, 0.2) is 0 Å². The molecule has 30 heavy (non-hydrogen) atoms. The summed E-state index contributed by atoms with van der Waals surface area (Å²) >= 11 is 0. The van der Waals surface area contributed by atoms with Crippen LogP contribution in [-0.4, -0.2) is 35.9 Å². The predicted octanol–water partition coefficient (Wildman–Crippen LogP) is 3.39. The van der Waals surface area contributed by atoms with E-state index < -0.39 is 0 Å². The standard InChI is InChI=1S/C23H26N4O2.ClH/c1-26-16-18(12-25-26)21-13-24-14-22(21)23(28)27(15-17-6-4-3-5-7-17)19-8-10-20(29-2)11-9-19;/h3-12,16,21-22,24H,13-15H2,1-2H3;1H/t21-,22+;/m1./s1. The minimum atomic E-state index is -0.134. The zero-order chi connectivity index (χ0) is 20.2. The number of aromatic nitrogens is 2. The molecule has 158 valence electrons. The van der Waals surface area contributed by atoms with Crippen LogP contribution in [0.4, 0.5) is 5.69 Å². The number of anilines is 1. The van der Waals surface area contributed by atoms with Crippen LogP contribution in [0.25, 0.3) is 0 Å². The molecule has 0 saturated carbocycles. The van der Waals surface area contributed by atoms with Crippen LogP contribution in [0, 0.1) is 5.92 Å². The number of methoxy groups -OCH3 is 1. The van der Waals surface area contributed by atoms with Gasteiger partial charge in [-0.2, -0.15) is 5.10 Å². The zero-order valence-electron chi connectivity index (χ0n) is 17.2. The van der Waals surface area contributed by atoms with Crippen molar-refractivity contribution in [3.05, 3.63) is 78.1 Å². The van der Waals surface area contributed by atoms with E-state index in [9.17, 15) is 4.79 Å².